The van der Waals surface area contributed by atoms with Crippen molar-refractivity contribution in [3.8, 4) is 5.75 Å². The van der Waals surface area contributed by atoms with Crippen molar-refractivity contribution in [1.29, 1.82) is 0 Å². The highest BCUT2D eigenvalue weighted by Gasteiger charge is 2.10. The number of hydrogen-bond acceptors (Lipinski definition) is 3. The van der Waals surface area contributed by atoms with Crippen LogP contribution in [0.5, 0.6) is 5.75 Å². The second kappa shape index (κ2) is 6.33. The van der Waals surface area contributed by atoms with Crippen molar-refractivity contribution in [2.24, 2.45) is 0 Å². The molecule has 0 bridgehead atoms. The molecule has 0 atom stereocenters. The van der Waals surface area contributed by atoms with Gasteiger partial charge in [0.05, 0.1) is 7.14 Å². The molecule has 0 spiro atoms. The predicted molar refractivity (Wildman–Crippen MR) is 86.5 cm³/mol. The highest BCUT2D eigenvalue weighted by atomic mass is 127. The van der Waals surface area contributed by atoms with Gasteiger partial charge in [-0.15, -0.1) is 0 Å². The first-order valence-electron chi connectivity index (χ1n) is 4.02. The summed E-state index contributed by atoms with van der Waals surface area (Å²) in [6.45, 7) is -0.0502. The van der Waals surface area contributed by atoms with Gasteiger partial charge in [-0.2, -0.15) is 8.42 Å². The van der Waals surface area contributed by atoms with Gasteiger partial charge in [-0.3, -0.25) is 4.55 Å². The van der Waals surface area contributed by atoms with Crippen molar-refractivity contribution in [3.63, 3.8) is 0 Å². The molecule has 0 unspecified atom stereocenters. The molecule has 1 rings (SSSR count). The molecule has 0 aliphatic heterocycles. The largest absolute Gasteiger partial charge is 0.490 e. The van der Waals surface area contributed by atoms with Crippen molar-refractivity contribution in [2.45, 2.75) is 0 Å². The molecule has 0 saturated heterocycles. The number of ether oxygens (including phenoxy) is 1. The zero-order valence-electron chi connectivity index (χ0n) is 7.78. The van der Waals surface area contributed by atoms with Gasteiger partial charge in [0.1, 0.15) is 18.1 Å². The third-order valence-corrected chi connectivity index (χ3v) is 4.46. The summed E-state index contributed by atoms with van der Waals surface area (Å²) >= 11 is 6.45. The Morgan fingerprint density at radius 2 is 1.69 bits per heavy atom. The molecule has 1 N–H and O–H groups in total. The third-order valence-electron chi connectivity index (χ3n) is 1.55. The molecule has 0 amide bonds. The minimum Gasteiger partial charge on any atom is -0.490 e. The van der Waals surface area contributed by atoms with Crippen LogP contribution < -0.4 is 4.74 Å². The van der Waals surface area contributed by atoms with Crippen molar-refractivity contribution in [1.82, 2.24) is 0 Å². The Kier molecular flexibility index (Phi) is 6.01. The molecule has 0 fully saturated rings. The van der Waals surface area contributed by atoms with Crippen LogP contribution in [0.1, 0.15) is 0 Å². The standard InChI is InChI=1S/C8H7I3O4S/c9-5-3-6(10)8(7(11)4-5)15-1-2-16(12,13)14/h3-4H,1-2H2,(H,12,13,14). The van der Waals surface area contributed by atoms with E-state index in [1.807, 2.05) is 12.1 Å². The van der Waals surface area contributed by atoms with Crippen molar-refractivity contribution in [2.75, 3.05) is 12.4 Å². The van der Waals surface area contributed by atoms with Crippen molar-refractivity contribution in [3.05, 3.63) is 22.8 Å². The lowest BCUT2D eigenvalue weighted by Gasteiger charge is -2.10. The summed E-state index contributed by atoms with van der Waals surface area (Å²) < 4.78 is 37.9. The van der Waals surface area contributed by atoms with Crippen LogP contribution in [0.3, 0.4) is 0 Å². The molecule has 0 aromatic heterocycles. The van der Waals surface area contributed by atoms with E-state index in [1.54, 1.807) is 0 Å². The predicted octanol–water partition coefficient (Wildman–Crippen LogP) is 2.77. The Labute approximate surface area is 135 Å². The molecular formula is C8H7I3O4S. The Hall–Kier alpha value is 1.12. The average molecular weight is 580 g/mol. The monoisotopic (exact) mass is 580 g/mol. The van der Waals surface area contributed by atoms with Crippen LogP contribution in [0.15, 0.2) is 12.1 Å². The molecule has 0 radical (unpaired) electrons. The normalized spacial score (nSPS) is 11.5. The Balaban J connectivity index is 2.75. The smallest absolute Gasteiger partial charge is 0.268 e. The molecule has 0 aliphatic rings. The third kappa shape index (κ3) is 5.18. The fourth-order valence-corrected chi connectivity index (χ4v) is 5.10. The van der Waals surface area contributed by atoms with E-state index in [0.717, 1.165) is 10.7 Å². The van der Waals surface area contributed by atoms with E-state index in [1.165, 1.54) is 0 Å². The van der Waals surface area contributed by atoms with Crippen molar-refractivity contribution >= 4 is 77.9 Å². The van der Waals surface area contributed by atoms with Gasteiger partial charge in [0.25, 0.3) is 10.1 Å². The molecular weight excluding hydrogens is 573 g/mol. The average Bonchev–Trinajstić information content (AvgIpc) is 2.07. The van der Waals surface area contributed by atoms with Crippen LogP contribution in [0, 0.1) is 10.7 Å². The van der Waals surface area contributed by atoms with E-state index in [9.17, 15) is 8.42 Å². The highest BCUT2D eigenvalue weighted by Crippen LogP contribution is 2.29. The quantitative estimate of drug-likeness (QED) is 0.440. The number of hydrogen-bond donors (Lipinski definition) is 1. The summed E-state index contributed by atoms with van der Waals surface area (Å²) in [4.78, 5) is 0. The first-order chi connectivity index (χ1) is 7.29. The van der Waals surface area contributed by atoms with Crippen LogP contribution in [-0.2, 0) is 10.1 Å². The van der Waals surface area contributed by atoms with E-state index < -0.39 is 15.9 Å². The summed E-state index contributed by atoms with van der Waals surface area (Å²) in [5, 5.41) is 0. The molecule has 0 aliphatic carbocycles. The fourth-order valence-electron chi connectivity index (χ4n) is 0.916. The topological polar surface area (TPSA) is 63.6 Å². The SMILES string of the molecule is O=S(=O)(O)CCOc1c(I)cc(I)cc1I. The van der Waals surface area contributed by atoms with Gasteiger partial charge in [0.2, 0.25) is 0 Å². The van der Waals surface area contributed by atoms with E-state index in [-0.39, 0.29) is 6.61 Å². The summed E-state index contributed by atoms with van der Waals surface area (Å²) in [5.74, 6) is 0.260. The number of halogens is 3. The van der Waals surface area contributed by atoms with Gasteiger partial charge in [-0.1, -0.05) is 0 Å². The molecule has 0 saturated carbocycles. The number of rotatable bonds is 4. The lowest BCUT2D eigenvalue weighted by molar-refractivity contribution is 0.331. The van der Waals surface area contributed by atoms with Crippen LogP contribution in [-0.4, -0.2) is 25.3 Å². The zero-order valence-corrected chi connectivity index (χ0v) is 15.1. The van der Waals surface area contributed by atoms with Gasteiger partial charge in [0.15, 0.2) is 0 Å². The molecule has 90 valence electrons. The second-order valence-electron chi connectivity index (χ2n) is 2.83. The van der Waals surface area contributed by atoms with Gasteiger partial charge in [0, 0.05) is 3.57 Å². The lowest BCUT2D eigenvalue weighted by Crippen LogP contribution is -2.13. The van der Waals surface area contributed by atoms with Gasteiger partial charge >= 0.3 is 0 Å². The minimum atomic E-state index is -3.96. The minimum absolute atomic E-state index is 0.0502. The molecule has 0 heterocycles. The Morgan fingerprint density at radius 3 is 2.12 bits per heavy atom. The molecule has 1 aromatic rings. The van der Waals surface area contributed by atoms with Crippen LogP contribution in [0.2, 0.25) is 0 Å². The first kappa shape index (κ1) is 15.2. The Bertz CT molecular complexity index is 463. The maximum absolute atomic E-state index is 10.5. The Morgan fingerprint density at radius 1 is 1.19 bits per heavy atom. The maximum atomic E-state index is 10.5. The van der Waals surface area contributed by atoms with E-state index in [0.29, 0.717) is 5.75 Å². The van der Waals surface area contributed by atoms with Crippen LogP contribution in [0.25, 0.3) is 0 Å². The summed E-state index contributed by atoms with van der Waals surface area (Å²) in [6.07, 6.45) is 0. The summed E-state index contributed by atoms with van der Waals surface area (Å²) in [6, 6.07) is 3.87. The van der Waals surface area contributed by atoms with E-state index in [4.69, 9.17) is 9.29 Å². The maximum Gasteiger partial charge on any atom is 0.268 e. The lowest BCUT2D eigenvalue weighted by atomic mass is 10.3. The molecule has 1 aromatic carbocycles. The summed E-state index contributed by atoms with van der Waals surface area (Å²) in [7, 11) is -3.96. The number of benzene rings is 1. The molecule has 8 heteroatoms. The van der Waals surface area contributed by atoms with Gasteiger partial charge in [-0.05, 0) is 79.9 Å². The second-order valence-corrected chi connectivity index (χ2v) is 7.98. The van der Waals surface area contributed by atoms with Gasteiger partial charge < -0.3 is 4.74 Å². The van der Waals surface area contributed by atoms with E-state index in [2.05, 4.69) is 67.8 Å². The molecule has 16 heavy (non-hydrogen) atoms. The van der Waals surface area contributed by atoms with Crippen molar-refractivity contribution < 1.29 is 17.7 Å². The first-order valence-corrected chi connectivity index (χ1v) is 8.86. The van der Waals surface area contributed by atoms with Crippen LogP contribution >= 0.6 is 67.8 Å². The van der Waals surface area contributed by atoms with Crippen LogP contribution in [0.4, 0.5) is 0 Å². The fraction of sp³-hybridized carbons (Fsp3) is 0.250. The van der Waals surface area contributed by atoms with E-state index >= 15 is 0 Å². The summed E-state index contributed by atoms with van der Waals surface area (Å²) in [5.41, 5.74) is 0. The zero-order chi connectivity index (χ0) is 12.3. The molecule has 4 nitrogen and oxygen atoms in total. The highest BCUT2D eigenvalue weighted by molar-refractivity contribution is 14.1. The van der Waals surface area contributed by atoms with Gasteiger partial charge in [-0.25, -0.2) is 0 Å².